The van der Waals surface area contributed by atoms with Gasteiger partial charge in [0.25, 0.3) is 0 Å². The molecule has 1 aromatic carbocycles. The van der Waals surface area contributed by atoms with Crippen LogP contribution in [-0.4, -0.2) is 15.8 Å². The molecule has 1 aromatic rings. The van der Waals surface area contributed by atoms with Crippen molar-refractivity contribution in [3.8, 4) is 5.75 Å². The summed E-state index contributed by atoms with van der Waals surface area (Å²) < 4.78 is 13.0. The zero-order valence-electron chi connectivity index (χ0n) is 7.55. The number of thiol groups is 1. The van der Waals surface area contributed by atoms with Gasteiger partial charge < -0.3 is 5.11 Å². The first kappa shape index (κ1) is 11.5. The fourth-order valence-corrected chi connectivity index (χ4v) is 1.13. The summed E-state index contributed by atoms with van der Waals surface area (Å²) in [4.78, 5) is 9.60. The van der Waals surface area contributed by atoms with Crippen molar-refractivity contribution in [1.29, 1.82) is 0 Å². The number of phenols is 1. The van der Waals surface area contributed by atoms with Crippen molar-refractivity contribution in [2.24, 2.45) is 0 Å². The lowest BCUT2D eigenvalue weighted by atomic mass is 10.1. The summed E-state index contributed by atoms with van der Waals surface area (Å²) in [6.07, 6.45) is 3.10. The first-order valence-electron chi connectivity index (χ1n) is 4.00. The minimum absolute atomic E-state index is 0.311. The van der Waals surface area contributed by atoms with Crippen molar-refractivity contribution < 1.29 is 14.4 Å². The quantitative estimate of drug-likeness (QED) is 0.475. The van der Waals surface area contributed by atoms with E-state index in [-0.39, 0.29) is 0 Å². The van der Waals surface area contributed by atoms with E-state index in [1.165, 1.54) is 6.08 Å². The van der Waals surface area contributed by atoms with Crippen LogP contribution in [0.1, 0.15) is 5.56 Å². The highest BCUT2D eigenvalue weighted by atomic mass is 32.1. The van der Waals surface area contributed by atoms with Crippen molar-refractivity contribution in [1.82, 2.24) is 0 Å². The number of benzene rings is 1. The van der Waals surface area contributed by atoms with Gasteiger partial charge in [0.1, 0.15) is 0 Å². The molecule has 0 saturated heterocycles. The van der Waals surface area contributed by atoms with Gasteiger partial charge in [0.15, 0.2) is 5.82 Å². The predicted octanol–water partition coefficient (Wildman–Crippen LogP) is 2.38. The Hall–Kier alpha value is -1.56. The van der Waals surface area contributed by atoms with Crippen molar-refractivity contribution >= 4 is 24.4 Å². The van der Waals surface area contributed by atoms with E-state index in [2.05, 4.69) is 12.6 Å². The van der Waals surface area contributed by atoms with E-state index in [9.17, 15) is 14.5 Å². The van der Waals surface area contributed by atoms with Gasteiger partial charge in [-0.2, -0.15) is 12.6 Å². The van der Waals surface area contributed by atoms with Crippen LogP contribution in [0.4, 0.5) is 10.1 Å². The predicted molar refractivity (Wildman–Crippen MR) is 57.6 cm³/mol. The number of hydrogen-bond acceptors (Lipinski definition) is 4. The molecule has 0 heterocycles. The molecular weight excluding hydrogens is 221 g/mol. The van der Waals surface area contributed by atoms with Crippen molar-refractivity contribution in [2.45, 2.75) is 0 Å². The van der Waals surface area contributed by atoms with Gasteiger partial charge >= 0.3 is 5.69 Å². The number of phenolic OH excluding ortho intramolecular Hbond substituents is 1. The molecule has 0 atom stereocenters. The monoisotopic (exact) mass is 229 g/mol. The second kappa shape index (κ2) is 4.79. The molecule has 0 aliphatic rings. The third-order valence-electron chi connectivity index (χ3n) is 1.68. The fraction of sp³-hybridized carbons (Fsp3) is 0.111. The van der Waals surface area contributed by atoms with Crippen molar-refractivity contribution in [2.75, 3.05) is 5.75 Å². The molecule has 4 nitrogen and oxygen atoms in total. The first-order valence-corrected chi connectivity index (χ1v) is 4.63. The molecule has 0 aliphatic carbocycles. The first-order chi connectivity index (χ1) is 7.06. The van der Waals surface area contributed by atoms with E-state index < -0.39 is 22.2 Å². The van der Waals surface area contributed by atoms with Crippen LogP contribution in [-0.2, 0) is 0 Å². The van der Waals surface area contributed by atoms with Gasteiger partial charge in [-0.05, 0) is 11.6 Å². The normalized spacial score (nSPS) is 10.8. The van der Waals surface area contributed by atoms with Gasteiger partial charge in [-0.15, -0.1) is 0 Å². The molecule has 0 spiro atoms. The van der Waals surface area contributed by atoms with Gasteiger partial charge in [0.05, 0.1) is 4.92 Å². The molecule has 0 bridgehead atoms. The molecule has 15 heavy (non-hydrogen) atoms. The largest absolute Gasteiger partial charge is 0.500 e. The average Bonchev–Trinajstić information content (AvgIpc) is 2.19. The Morgan fingerprint density at radius 2 is 2.27 bits per heavy atom. The lowest BCUT2D eigenvalue weighted by Gasteiger charge is -1.99. The Balaban J connectivity index is 3.23. The topological polar surface area (TPSA) is 63.4 Å². The maximum Gasteiger partial charge on any atom is 0.314 e. The number of rotatable bonds is 3. The van der Waals surface area contributed by atoms with Gasteiger partial charge in [-0.25, -0.2) is 4.39 Å². The zero-order valence-corrected chi connectivity index (χ0v) is 8.45. The Bertz CT molecular complexity index is 420. The maximum absolute atomic E-state index is 13.0. The molecule has 0 aromatic heterocycles. The van der Waals surface area contributed by atoms with Gasteiger partial charge in [0.2, 0.25) is 5.75 Å². The van der Waals surface area contributed by atoms with Crippen LogP contribution in [0.3, 0.4) is 0 Å². The smallest absolute Gasteiger partial charge is 0.314 e. The van der Waals surface area contributed by atoms with Crippen LogP contribution in [0.5, 0.6) is 5.75 Å². The molecule has 0 unspecified atom stereocenters. The number of nitro benzene ring substituents is 1. The number of nitrogens with zero attached hydrogens (tertiary/aromatic N) is 1. The highest BCUT2D eigenvalue weighted by molar-refractivity contribution is 7.80. The number of nitro groups is 1. The molecule has 1 rings (SSSR count). The lowest BCUT2D eigenvalue weighted by molar-refractivity contribution is -0.386. The summed E-state index contributed by atoms with van der Waals surface area (Å²) in [5.41, 5.74) is -0.333. The van der Waals surface area contributed by atoms with Crippen molar-refractivity contribution in [3.05, 3.63) is 39.7 Å². The van der Waals surface area contributed by atoms with Gasteiger partial charge in [-0.1, -0.05) is 12.2 Å². The summed E-state index contributed by atoms with van der Waals surface area (Å²) in [5.74, 6) is -1.51. The Labute approximate surface area is 90.6 Å². The molecule has 0 aliphatic heterocycles. The molecule has 6 heteroatoms. The summed E-state index contributed by atoms with van der Waals surface area (Å²) in [7, 11) is 0. The summed E-state index contributed by atoms with van der Waals surface area (Å²) >= 11 is 3.90. The highest BCUT2D eigenvalue weighted by Crippen LogP contribution is 2.30. The Kier molecular flexibility index (Phi) is 3.68. The highest BCUT2D eigenvalue weighted by Gasteiger charge is 2.18. The standard InChI is InChI=1S/C9H8FNO3S/c10-7-4-6(2-1-3-15)5-8(9(7)12)11(13)14/h1-2,4-5,12,15H,3H2. The Morgan fingerprint density at radius 1 is 1.60 bits per heavy atom. The van der Waals surface area contributed by atoms with Crippen molar-refractivity contribution in [3.63, 3.8) is 0 Å². The summed E-state index contributed by atoms with van der Waals surface area (Å²) in [6, 6.07) is 2.11. The molecule has 80 valence electrons. The minimum atomic E-state index is -1.01. The SMILES string of the molecule is O=[N+]([O-])c1cc(C=CCS)cc(F)c1O. The molecule has 1 N–H and O–H groups in total. The van der Waals surface area contributed by atoms with Gasteiger partial charge in [0, 0.05) is 11.8 Å². The average molecular weight is 229 g/mol. The van der Waals surface area contributed by atoms with Crippen LogP contribution in [0, 0.1) is 15.9 Å². The summed E-state index contributed by atoms with van der Waals surface area (Å²) in [5, 5.41) is 19.5. The minimum Gasteiger partial charge on any atom is -0.500 e. The van der Waals surface area contributed by atoms with Crippen LogP contribution < -0.4 is 0 Å². The maximum atomic E-state index is 13.0. The number of hydrogen-bond donors (Lipinski definition) is 2. The third-order valence-corrected chi connectivity index (χ3v) is 1.89. The second-order valence-electron chi connectivity index (χ2n) is 2.71. The fourth-order valence-electron chi connectivity index (χ4n) is 1.03. The molecule has 0 saturated carbocycles. The van der Waals surface area contributed by atoms with E-state index in [1.807, 2.05) is 0 Å². The van der Waals surface area contributed by atoms with Crippen LogP contribution in [0.15, 0.2) is 18.2 Å². The van der Waals surface area contributed by atoms with Gasteiger partial charge in [-0.3, -0.25) is 10.1 Å². The van der Waals surface area contributed by atoms with E-state index in [1.54, 1.807) is 6.08 Å². The number of halogens is 1. The number of aromatic hydroxyl groups is 1. The molecule has 0 fully saturated rings. The van der Waals surface area contributed by atoms with E-state index in [0.717, 1.165) is 12.1 Å². The lowest BCUT2D eigenvalue weighted by Crippen LogP contribution is -1.92. The molecular formula is C9H8FNO3S. The Morgan fingerprint density at radius 3 is 2.80 bits per heavy atom. The molecule has 0 radical (unpaired) electrons. The third kappa shape index (κ3) is 2.69. The van der Waals surface area contributed by atoms with Crippen LogP contribution in [0.25, 0.3) is 6.08 Å². The second-order valence-corrected chi connectivity index (χ2v) is 3.08. The van der Waals surface area contributed by atoms with E-state index >= 15 is 0 Å². The summed E-state index contributed by atoms with van der Waals surface area (Å²) in [6.45, 7) is 0. The van der Waals surface area contributed by atoms with E-state index in [0.29, 0.717) is 11.3 Å². The van der Waals surface area contributed by atoms with E-state index in [4.69, 9.17) is 5.11 Å². The zero-order chi connectivity index (χ0) is 11.4. The van der Waals surface area contributed by atoms with Crippen LogP contribution in [0.2, 0.25) is 0 Å². The van der Waals surface area contributed by atoms with Crippen LogP contribution >= 0.6 is 12.6 Å². The molecule has 0 amide bonds.